The summed E-state index contributed by atoms with van der Waals surface area (Å²) >= 11 is 0. The number of benzene rings is 3. The molecule has 0 bridgehead atoms. The molecule has 0 unspecified atom stereocenters. The first kappa shape index (κ1) is 20.9. The summed E-state index contributed by atoms with van der Waals surface area (Å²) in [5.41, 5.74) is 6.12. The van der Waals surface area contributed by atoms with Gasteiger partial charge in [0.05, 0.1) is 18.9 Å². The van der Waals surface area contributed by atoms with Crippen LogP contribution in [0.1, 0.15) is 18.1 Å². The first-order valence-electron chi connectivity index (χ1n) is 9.86. The molecule has 0 radical (unpaired) electrons. The maximum absolute atomic E-state index is 12.3. The molecule has 3 aromatic rings. The molecule has 0 spiro atoms. The molecule has 0 aliphatic rings. The molecule has 3 rings (SSSR count). The molecule has 30 heavy (non-hydrogen) atoms. The second-order valence-corrected chi connectivity index (χ2v) is 6.45. The quantitative estimate of drug-likeness (QED) is 0.404. The summed E-state index contributed by atoms with van der Waals surface area (Å²) in [7, 11) is 0. The summed E-state index contributed by atoms with van der Waals surface area (Å²) in [6, 6.07) is 27.2. The van der Waals surface area contributed by atoms with Gasteiger partial charge < -0.3 is 10.1 Å². The highest BCUT2D eigenvalue weighted by molar-refractivity contribution is 6.11. The van der Waals surface area contributed by atoms with Gasteiger partial charge in [0.25, 0.3) is 5.91 Å². The lowest BCUT2D eigenvalue weighted by Crippen LogP contribution is -2.26. The predicted molar refractivity (Wildman–Crippen MR) is 123 cm³/mol. The van der Waals surface area contributed by atoms with Crippen LogP contribution in [0.3, 0.4) is 0 Å². The Bertz CT molecular complexity index is 982. The number of carbonyl (C=O) groups is 1. The molecule has 0 aromatic heterocycles. The number of amides is 1. The summed E-state index contributed by atoms with van der Waals surface area (Å²) in [5, 5.41) is 7.41. The average molecular weight is 399 g/mol. The third-order valence-electron chi connectivity index (χ3n) is 4.22. The fraction of sp³-hybridized carbons (Fsp3) is 0.120. The summed E-state index contributed by atoms with van der Waals surface area (Å²) in [6.45, 7) is 2.67. The zero-order valence-corrected chi connectivity index (χ0v) is 16.9. The number of hydrogen-bond acceptors (Lipinski definition) is 4. The van der Waals surface area contributed by atoms with Crippen molar-refractivity contribution in [1.82, 2.24) is 5.43 Å². The highest BCUT2D eigenvalue weighted by Gasteiger charge is 2.03. The van der Waals surface area contributed by atoms with Crippen molar-refractivity contribution in [3.05, 3.63) is 102 Å². The topological polar surface area (TPSA) is 62.7 Å². The number of hydrogen-bond donors (Lipinski definition) is 2. The van der Waals surface area contributed by atoms with Crippen LogP contribution in [-0.4, -0.2) is 24.8 Å². The first-order valence-corrected chi connectivity index (χ1v) is 9.86. The van der Waals surface area contributed by atoms with E-state index in [1.807, 2.05) is 104 Å². The minimum absolute atomic E-state index is 0.113. The van der Waals surface area contributed by atoms with E-state index in [1.165, 1.54) is 0 Å². The molecule has 3 aromatic carbocycles. The Hall–Kier alpha value is -3.86. The van der Waals surface area contributed by atoms with Gasteiger partial charge in [-0.1, -0.05) is 66.7 Å². The van der Waals surface area contributed by atoms with E-state index >= 15 is 0 Å². The lowest BCUT2D eigenvalue weighted by atomic mass is 10.1. The molecular formula is C25H25N3O2. The lowest BCUT2D eigenvalue weighted by molar-refractivity contribution is -0.119. The van der Waals surface area contributed by atoms with Crippen LogP contribution in [0.15, 0.2) is 96.1 Å². The van der Waals surface area contributed by atoms with Crippen molar-refractivity contribution in [2.45, 2.75) is 6.92 Å². The van der Waals surface area contributed by atoms with Crippen LogP contribution in [0.5, 0.6) is 5.75 Å². The zero-order chi connectivity index (χ0) is 21.0. The maximum atomic E-state index is 12.3. The zero-order valence-electron chi connectivity index (χ0n) is 16.9. The largest absolute Gasteiger partial charge is 0.494 e. The van der Waals surface area contributed by atoms with Gasteiger partial charge in [0, 0.05) is 11.3 Å². The molecule has 0 saturated carbocycles. The average Bonchev–Trinajstić information content (AvgIpc) is 2.80. The minimum Gasteiger partial charge on any atom is -0.494 e. The Morgan fingerprint density at radius 2 is 1.60 bits per heavy atom. The standard InChI is InChI=1S/C25H25N3O2/c1-2-30-23-16-14-22(15-17-23)26-19-25(29)28-27-24(21-11-7-4-8-12-21)18-13-20-9-5-3-6-10-20/h3-18,26H,2,19H2,1H3,(H,28,29)/b18-13-,27-24-. The molecule has 0 aliphatic heterocycles. The fourth-order valence-electron chi connectivity index (χ4n) is 2.73. The molecule has 1 amide bonds. The number of ether oxygens (including phenoxy) is 1. The SMILES string of the molecule is CCOc1ccc(NCC(=O)N/N=C(/C=C\c2ccccc2)c2ccccc2)cc1. The Balaban J connectivity index is 1.63. The summed E-state index contributed by atoms with van der Waals surface area (Å²) in [5.74, 6) is 0.570. The molecule has 0 heterocycles. The van der Waals surface area contributed by atoms with Crippen molar-refractivity contribution < 1.29 is 9.53 Å². The van der Waals surface area contributed by atoms with Gasteiger partial charge in [-0.25, -0.2) is 5.43 Å². The smallest absolute Gasteiger partial charge is 0.259 e. The van der Waals surface area contributed by atoms with Gasteiger partial charge in [0.2, 0.25) is 0 Å². The fourth-order valence-corrected chi connectivity index (χ4v) is 2.73. The van der Waals surface area contributed by atoms with E-state index < -0.39 is 0 Å². The van der Waals surface area contributed by atoms with Crippen molar-refractivity contribution in [3.63, 3.8) is 0 Å². The second-order valence-electron chi connectivity index (χ2n) is 6.45. The van der Waals surface area contributed by atoms with Crippen LogP contribution >= 0.6 is 0 Å². The summed E-state index contributed by atoms with van der Waals surface area (Å²) in [4.78, 5) is 12.3. The Kier molecular flexibility index (Phi) is 7.80. The van der Waals surface area contributed by atoms with Gasteiger partial charge in [-0.15, -0.1) is 0 Å². The van der Waals surface area contributed by atoms with E-state index in [0.717, 1.165) is 22.6 Å². The molecule has 0 aliphatic carbocycles. The van der Waals surface area contributed by atoms with Crippen molar-refractivity contribution in [3.8, 4) is 5.75 Å². The van der Waals surface area contributed by atoms with Gasteiger partial charge >= 0.3 is 0 Å². The maximum Gasteiger partial charge on any atom is 0.259 e. The molecule has 0 atom stereocenters. The molecule has 152 valence electrons. The molecule has 5 nitrogen and oxygen atoms in total. The number of anilines is 1. The first-order chi connectivity index (χ1) is 14.7. The number of nitrogens with one attached hydrogen (secondary N) is 2. The summed E-state index contributed by atoms with van der Waals surface area (Å²) in [6.07, 6.45) is 3.86. The number of carbonyl (C=O) groups excluding carboxylic acids is 1. The van der Waals surface area contributed by atoms with Gasteiger partial charge in [-0.3, -0.25) is 4.79 Å². The highest BCUT2D eigenvalue weighted by atomic mass is 16.5. The van der Waals surface area contributed by atoms with E-state index in [-0.39, 0.29) is 12.5 Å². The van der Waals surface area contributed by atoms with E-state index in [4.69, 9.17) is 4.74 Å². The Labute approximate surface area is 177 Å². The third kappa shape index (κ3) is 6.63. The van der Waals surface area contributed by atoms with Crippen molar-refractivity contribution in [2.24, 2.45) is 5.10 Å². The van der Waals surface area contributed by atoms with Crippen molar-refractivity contribution >= 4 is 23.4 Å². The Morgan fingerprint density at radius 3 is 2.27 bits per heavy atom. The second kappa shape index (κ2) is 11.2. The van der Waals surface area contributed by atoms with Crippen LogP contribution < -0.4 is 15.5 Å². The van der Waals surface area contributed by atoms with Gasteiger partial charge in [0.1, 0.15) is 5.75 Å². The van der Waals surface area contributed by atoms with Gasteiger partial charge in [-0.2, -0.15) is 5.10 Å². The number of nitrogens with zero attached hydrogens (tertiary/aromatic N) is 1. The van der Waals surface area contributed by atoms with Crippen LogP contribution in [0, 0.1) is 0 Å². The Morgan fingerprint density at radius 1 is 0.933 bits per heavy atom. The lowest BCUT2D eigenvalue weighted by Gasteiger charge is -2.08. The van der Waals surface area contributed by atoms with Crippen molar-refractivity contribution in [2.75, 3.05) is 18.5 Å². The number of hydrazone groups is 1. The molecule has 2 N–H and O–H groups in total. The van der Waals surface area contributed by atoms with E-state index in [1.54, 1.807) is 0 Å². The van der Waals surface area contributed by atoms with E-state index in [0.29, 0.717) is 12.3 Å². The van der Waals surface area contributed by atoms with Crippen LogP contribution in [0.2, 0.25) is 0 Å². The summed E-state index contributed by atoms with van der Waals surface area (Å²) < 4.78 is 5.42. The normalized spacial score (nSPS) is 11.3. The van der Waals surface area contributed by atoms with Crippen LogP contribution in [0.4, 0.5) is 5.69 Å². The predicted octanol–water partition coefficient (Wildman–Crippen LogP) is 4.73. The molecule has 0 fully saturated rings. The van der Waals surface area contributed by atoms with Crippen LogP contribution in [-0.2, 0) is 4.79 Å². The molecule has 0 saturated heterocycles. The van der Waals surface area contributed by atoms with Gasteiger partial charge in [0.15, 0.2) is 0 Å². The molecular weight excluding hydrogens is 374 g/mol. The van der Waals surface area contributed by atoms with E-state index in [9.17, 15) is 4.79 Å². The minimum atomic E-state index is -0.231. The third-order valence-corrected chi connectivity index (χ3v) is 4.22. The van der Waals surface area contributed by atoms with Gasteiger partial charge in [-0.05, 0) is 42.8 Å². The molecule has 5 heteroatoms. The number of rotatable bonds is 9. The number of allylic oxidation sites excluding steroid dienone is 1. The van der Waals surface area contributed by atoms with E-state index in [2.05, 4.69) is 15.8 Å². The van der Waals surface area contributed by atoms with Crippen LogP contribution in [0.25, 0.3) is 6.08 Å². The highest BCUT2D eigenvalue weighted by Crippen LogP contribution is 2.15. The monoisotopic (exact) mass is 399 g/mol. The van der Waals surface area contributed by atoms with Crippen molar-refractivity contribution in [1.29, 1.82) is 0 Å².